The maximum absolute atomic E-state index is 9.85. The minimum Gasteiger partial charge on any atom is -0.506 e. The average Bonchev–Trinajstić information content (AvgIpc) is 3.27. The molecule has 5 aromatic rings. The standard InChI is InChI=1S/C20H12N2O3/c23-15-5-3-7-17-18(15)22-20(25-17)13-10-8-12(9-11-13)19-21-14-4-1-2-6-16(14)24-19/h1-11,23H. The van der Waals surface area contributed by atoms with E-state index in [9.17, 15) is 5.11 Å². The van der Waals surface area contributed by atoms with Crippen LogP contribution in [-0.2, 0) is 0 Å². The Morgan fingerprint density at radius 1 is 0.640 bits per heavy atom. The van der Waals surface area contributed by atoms with E-state index in [1.807, 2.05) is 48.5 Å². The van der Waals surface area contributed by atoms with Crippen molar-refractivity contribution in [1.29, 1.82) is 0 Å². The van der Waals surface area contributed by atoms with Gasteiger partial charge in [-0.3, -0.25) is 0 Å². The Balaban J connectivity index is 1.54. The molecule has 5 heteroatoms. The van der Waals surface area contributed by atoms with Crippen LogP contribution in [0.4, 0.5) is 0 Å². The number of phenolic OH excluding ortho intramolecular Hbond substituents is 1. The molecule has 3 aromatic carbocycles. The molecule has 0 aliphatic heterocycles. The second-order valence-corrected chi connectivity index (χ2v) is 5.71. The summed E-state index contributed by atoms with van der Waals surface area (Å²) < 4.78 is 11.5. The number of nitrogens with zero attached hydrogens (tertiary/aromatic N) is 2. The lowest BCUT2D eigenvalue weighted by Crippen LogP contribution is -1.80. The molecule has 5 rings (SSSR count). The quantitative estimate of drug-likeness (QED) is 0.493. The van der Waals surface area contributed by atoms with Crippen molar-refractivity contribution in [3.63, 3.8) is 0 Å². The molecule has 2 heterocycles. The van der Waals surface area contributed by atoms with Gasteiger partial charge in [0.2, 0.25) is 11.8 Å². The summed E-state index contributed by atoms with van der Waals surface area (Å²) >= 11 is 0. The fourth-order valence-electron chi connectivity index (χ4n) is 2.81. The first-order valence-corrected chi connectivity index (χ1v) is 7.83. The number of benzene rings is 3. The van der Waals surface area contributed by atoms with Gasteiger partial charge in [-0.25, -0.2) is 9.97 Å². The van der Waals surface area contributed by atoms with Crippen LogP contribution < -0.4 is 0 Å². The molecule has 0 unspecified atom stereocenters. The normalized spacial score (nSPS) is 11.4. The van der Waals surface area contributed by atoms with Gasteiger partial charge in [-0.05, 0) is 48.5 Å². The minimum atomic E-state index is 0.107. The smallest absolute Gasteiger partial charge is 0.227 e. The van der Waals surface area contributed by atoms with Gasteiger partial charge < -0.3 is 13.9 Å². The van der Waals surface area contributed by atoms with Gasteiger partial charge in [-0.1, -0.05) is 18.2 Å². The van der Waals surface area contributed by atoms with Crippen molar-refractivity contribution in [2.75, 3.05) is 0 Å². The summed E-state index contributed by atoms with van der Waals surface area (Å²) in [5.41, 5.74) is 4.29. The molecule has 0 bridgehead atoms. The van der Waals surface area contributed by atoms with Gasteiger partial charge in [0, 0.05) is 11.1 Å². The molecule has 2 aromatic heterocycles. The lowest BCUT2D eigenvalue weighted by atomic mass is 10.1. The van der Waals surface area contributed by atoms with E-state index in [2.05, 4.69) is 9.97 Å². The van der Waals surface area contributed by atoms with Gasteiger partial charge in [-0.15, -0.1) is 0 Å². The number of aromatic hydroxyl groups is 1. The van der Waals surface area contributed by atoms with E-state index in [-0.39, 0.29) is 5.75 Å². The fourth-order valence-corrected chi connectivity index (χ4v) is 2.81. The highest BCUT2D eigenvalue weighted by molar-refractivity contribution is 5.82. The van der Waals surface area contributed by atoms with Crippen LogP contribution >= 0.6 is 0 Å². The largest absolute Gasteiger partial charge is 0.506 e. The van der Waals surface area contributed by atoms with E-state index in [1.165, 1.54) is 0 Å². The topological polar surface area (TPSA) is 72.3 Å². The second kappa shape index (κ2) is 5.21. The predicted octanol–water partition coefficient (Wildman–Crippen LogP) is 5.01. The van der Waals surface area contributed by atoms with Gasteiger partial charge in [-0.2, -0.15) is 0 Å². The van der Waals surface area contributed by atoms with Crippen molar-refractivity contribution in [3.8, 4) is 28.7 Å². The number of para-hydroxylation sites is 3. The number of aromatic nitrogens is 2. The zero-order valence-electron chi connectivity index (χ0n) is 13.0. The number of fused-ring (bicyclic) bond motifs is 2. The van der Waals surface area contributed by atoms with E-state index in [1.54, 1.807) is 18.2 Å². The summed E-state index contributed by atoms with van der Waals surface area (Å²) in [5, 5.41) is 9.85. The number of hydrogen-bond donors (Lipinski definition) is 1. The number of hydrogen-bond acceptors (Lipinski definition) is 5. The average molecular weight is 328 g/mol. The Bertz CT molecular complexity index is 1170. The molecule has 0 radical (unpaired) electrons. The van der Waals surface area contributed by atoms with Crippen molar-refractivity contribution >= 4 is 22.2 Å². The molecule has 0 saturated carbocycles. The molecular weight excluding hydrogens is 316 g/mol. The van der Waals surface area contributed by atoms with Crippen LogP contribution in [-0.4, -0.2) is 15.1 Å². The van der Waals surface area contributed by atoms with Crippen molar-refractivity contribution in [2.24, 2.45) is 0 Å². The Hall–Kier alpha value is -3.60. The number of rotatable bonds is 2. The van der Waals surface area contributed by atoms with Crippen LogP contribution in [0, 0.1) is 0 Å². The van der Waals surface area contributed by atoms with E-state index in [4.69, 9.17) is 8.83 Å². The van der Waals surface area contributed by atoms with Crippen LogP contribution in [0.5, 0.6) is 5.75 Å². The van der Waals surface area contributed by atoms with Crippen LogP contribution in [0.2, 0.25) is 0 Å². The summed E-state index contributed by atoms with van der Waals surface area (Å²) in [6, 6.07) is 20.4. The molecule has 0 spiro atoms. The molecule has 25 heavy (non-hydrogen) atoms. The zero-order chi connectivity index (χ0) is 16.8. The molecule has 0 fully saturated rings. The molecule has 0 aliphatic carbocycles. The lowest BCUT2D eigenvalue weighted by molar-refractivity contribution is 0.480. The first-order chi connectivity index (χ1) is 12.3. The van der Waals surface area contributed by atoms with Gasteiger partial charge in [0.1, 0.15) is 11.3 Å². The Morgan fingerprint density at radius 3 is 2.00 bits per heavy atom. The third-order valence-corrected chi connectivity index (χ3v) is 4.07. The van der Waals surface area contributed by atoms with Gasteiger partial charge in [0.25, 0.3) is 0 Å². The minimum absolute atomic E-state index is 0.107. The summed E-state index contributed by atoms with van der Waals surface area (Å²) in [6.45, 7) is 0. The first kappa shape index (κ1) is 13.8. The third kappa shape index (κ3) is 2.25. The number of phenols is 1. The number of oxazole rings is 2. The SMILES string of the molecule is Oc1cccc2oc(-c3ccc(-c4nc5ccccc5o4)cc3)nc12. The van der Waals surface area contributed by atoms with Gasteiger partial charge >= 0.3 is 0 Å². The highest BCUT2D eigenvalue weighted by atomic mass is 16.4. The van der Waals surface area contributed by atoms with E-state index >= 15 is 0 Å². The van der Waals surface area contributed by atoms with E-state index in [0.29, 0.717) is 22.9 Å². The van der Waals surface area contributed by atoms with Crippen molar-refractivity contribution in [2.45, 2.75) is 0 Å². The second-order valence-electron chi connectivity index (χ2n) is 5.71. The van der Waals surface area contributed by atoms with Crippen molar-refractivity contribution in [1.82, 2.24) is 9.97 Å². The molecule has 0 aliphatic rings. The zero-order valence-corrected chi connectivity index (χ0v) is 13.0. The van der Waals surface area contributed by atoms with Crippen molar-refractivity contribution < 1.29 is 13.9 Å². The Kier molecular flexibility index (Phi) is 2.87. The van der Waals surface area contributed by atoms with Gasteiger partial charge in [0.05, 0.1) is 0 Å². The molecule has 1 N–H and O–H groups in total. The summed E-state index contributed by atoms with van der Waals surface area (Å²) in [6.07, 6.45) is 0. The molecule has 0 amide bonds. The molecule has 0 atom stereocenters. The maximum Gasteiger partial charge on any atom is 0.227 e. The Morgan fingerprint density at radius 2 is 1.28 bits per heavy atom. The highest BCUT2D eigenvalue weighted by Gasteiger charge is 2.12. The van der Waals surface area contributed by atoms with Crippen LogP contribution in [0.1, 0.15) is 0 Å². The summed E-state index contributed by atoms with van der Waals surface area (Å²) in [7, 11) is 0. The third-order valence-electron chi connectivity index (χ3n) is 4.07. The predicted molar refractivity (Wildman–Crippen MR) is 94.1 cm³/mol. The van der Waals surface area contributed by atoms with E-state index < -0.39 is 0 Å². The maximum atomic E-state index is 9.85. The molecular formula is C20H12N2O3. The summed E-state index contributed by atoms with van der Waals surface area (Å²) in [4.78, 5) is 8.86. The molecule has 5 nitrogen and oxygen atoms in total. The van der Waals surface area contributed by atoms with Gasteiger partial charge in [0.15, 0.2) is 16.7 Å². The monoisotopic (exact) mass is 328 g/mol. The van der Waals surface area contributed by atoms with Crippen molar-refractivity contribution in [3.05, 3.63) is 66.7 Å². The van der Waals surface area contributed by atoms with Crippen LogP contribution in [0.25, 0.3) is 45.1 Å². The first-order valence-electron chi connectivity index (χ1n) is 7.83. The lowest BCUT2D eigenvalue weighted by Gasteiger charge is -1.97. The van der Waals surface area contributed by atoms with Crippen LogP contribution in [0.3, 0.4) is 0 Å². The summed E-state index contributed by atoms with van der Waals surface area (Å²) in [5.74, 6) is 1.14. The highest BCUT2D eigenvalue weighted by Crippen LogP contribution is 2.31. The molecule has 0 saturated heterocycles. The Labute approximate surface area is 142 Å². The van der Waals surface area contributed by atoms with Crippen LogP contribution in [0.15, 0.2) is 75.6 Å². The fraction of sp³-hybridized carbons (Fsp3) is 0. The molecule has 120 valence electrons. The van der Waals surface area contributed by atoms with E-state index in [0.717, 1.165) is 22.2 Å².